The number of anilines is 1. The number of aromatic amines is 1. The molecule has 2 N–H and O–H groups in total. The first-order valence-corrected chi connectivity index (χ1v) is 7.23. The standard InChI is InChI=1S/C15H18F2N4O/c16-15(17)22-13-4-2-1-3-12(13)21-8-5-11(10-21)20-9-14-18-6-7-19-14/h1-4,6-7,11,15,20H,5,8-10H2,(H,18,19)/t11-/m0/s1. The average molecular weight is 308 g/mol. The number of halogens is 2. The lowest BCUT2D eigenvalue weighted by atomic mass is 10.2. The molecule has 3 rings (SSSR count). The first-order chi connectivity index (χ1) is 10.7. The molecule has 0 aliphatic carbocycles. The number of benzene rings is 1. The summed E-state index contributed by atoms with van der Waals surface area (Å²) in [4.78, 5) is 9.28. The highest BCUT2D eigenvalue weighted by atomic mass is 19.3. The second-order valence-corrected chi connectivity index (χ2v) is 5.19. The van der Waals surface area contributed by atoms with Gasteiger partial charge in [0.1, 0.15) is 11.6 Å². The number of rotatable bonds is 6. The molecular formula is C15H18F2N4O. The molecule has 0 bridgehead atoms. The number of nitrogens with zero attached hydrogens (tertiary/aromatic N) is 2. The monoisotopic (exact) mass is 308 g/mol. The van der Waals surface area contributed by atoms with Crippen molar-refractivity contribution in [2.75, 3.05) is 18.0 Å². The number of alkyl halides is 2. The average Bonchev–Trinajstić information content (AvgIpc) is 3.17. The van der Waals surface area contributed by atoms with Crippen LogP contribution in [0.4, 0.5) is 14.5 Å². The molecule has 1 saturated heterocycles. The van der Waals surface area contributed by atoms with Crippen LogP contribution >= 0.6 is 0 Å². The SMILES string of the molecule is FC(F)Oc1ccccc1N1CC[C@H](NCc2ncc[nH]2)C1. The number of H-pyrrole nitrogens is 1. The predicted molar refractivity (Wildman–Crippen MR) is 79.1 cm³/mol. The van der Waals surface area contributed by atoms with Crippen molar-refractivity contribution in [1.29, 1.82) is 0 Å². The quantitative estimate of drug-likeness (QED) is 0.860. The highest BCUT2D eigenvalue weighted by molar-refractivity contribution is 5.59. The maximum Gasteiger partial charge on any atom is 0.387 e. The fourth-order valence-corrected chi connectivity index (χ4v) is 2.70. The van der Waals surface area contributed by atoms with Crippen molar-refractivity contribution in [3.05, 3.63) is 42.5 Å². The van der Waals surface area contributed by atoms with Crippen molar-refractivity contribution >= 4 is 5.69 Å². The van der Waals surface area contributed by atoms with Crippen LogP contribution in [-0.4, -0.2) is 35.7 Å². The lowest BCUT2D eigenvalue weighted by molar-refractivity contribution is -0.0495. The lowest BCUT2D eigenvalue weighted by Gasteiger charge is -2.22. The fraction of sp³-hybridized carbons (Fsp3) is 0.400. The molecule has 1 fully saturated rings. The van der Waals surface area contributed by atoms with E-state index in [1.165, 1.54) is 0 Å². The largest absolute Gasteiger partial charge is 0.433 e. The van der Waals surface area contributed by atoms with E-state index in [4.69, 9.17) is 0 Å². The molecule has 5 nitrogen and oxygen atoms in total. The summed E-state index contributed by atoms with van der Waals surface area (Å²) in [5, 5.41) is 3.42. The van der Waals surface area contributed by atoms with Crippen LogP contribution in [0, 0.1) is 0 Å². The minimum atomic E-state index is -2.81. The number of hydrogen-bond acceptors (Lipinski definition) is 4. The zero-order valence-corrected chi connectivity index (χ0v) is 12.0. The summed E-state index contributed by atoms with van der Waals surface area (Å²) in [6.45, 7) is -0.582. The van der Waals surface area contributed by atoms with Gasteiger partial charge in [-0.25, -0.2) is 4.98 Å². The molecular weight excluding hydrogens is 290 g/mol. The topological polar surface area (TPSA) is 53.2 Å². The Morgan fingerprint density at radius 2 is 2.27 bits per heavy atom. The third-order valence-electron chi connectivity index (χ3n) is 3.72. The molecule has 0 amide bonds. The number of aromatic nitrogens is 2. The van der Waals surface area contributed by atoms with Crippen molar-refractivity contribution in [3.8, 4) is 5.75 Å². The van der Waals surface area contributed by atoms with Crippen LogP contribution in [-0.2, 0) is 6.54 Å². The van der Waals surface area contributed by atoms with Crippen molar-refractivity contribution in [1.82, 2.24) is 15.3 Å². The van der Waals surface area contributed by atoms with Gasteiger partial charge in [0.05, 0.1) is 12.2 Å². The van der Waals surface area contributed by atoms with E-state index in [0.29, 0.717) is 18.3 Å². The van der Waals surface area contributed by atoms with Crippen LogP contribution in [0.5, 0.6) is 5.75 Å². The molecule has 1 atom stereocenters. The lowest BCUT2D eigenvalue weighted by Crippen LogP contribution is -2.32. The van der Waals surface area contributed by atoms with Crippen molar-refractivity contribution in [3.63, 3.8) is 0 Å². The maximum atomic E-state index is 12.5. The van der Waals surface area contributed by atoms with Gasteiger partial charge < -0.3 is 19.9 Å². The number of imidazole rings is 1. The Morgan fingerprint density at radius 3 is 3.05 bits per heavy atom. The summed E-state index contributed by atoms with van der Waals surface area (Å²) in [6.07, 6.45) is 4.45. The van der Waals surface area contributed by atoms with Gasteiger partial charge in [0.2, 0.25) is 0 Å². The predicted octanol–water partition coefficient (Wildman–Crippen LogP) is 2.38. The number of nitrogens with one attached hydrogen (secondary N) is 2. The molecule has 0 saturated carbocycles. The fourth-order valence-electron chi connectivity index (χ4n) is 2.70. The van der Waals surface area contributed by atoms with E-state index in [0.717, 1.165) is 25.3 Å². The zero-order valence-electron chi connectivity index (χ0n) is 12.0. The zero-order chi connectivity index (χ0) is 15.4. The number of hydrogen-bond donors (Lipinski definition) is 2. The van der Waals surface area contributed by atoms with Gasteiger partial charge in [-0.15, -0.1) is 0 Å². The molecule has 0 spiro atoms. The van der Waals surface area contributed by atoms with Gasteiger partial charge >= 0.3 is 6.61 Å². The van der Waals surface area contributed by atoms with Crippen LogP contribution in [0.3, 0.4) is 0 Å². The molecule has 7 heteroatoms. The number of para-hydroxylation sites is 2. The van der Waals surface area contributed by atoms with E-state index in [1.54, 1.807) is 24.5 Å². The van der Waals surface area contributed by atoms with E-state index in [9.17, 15) is 8.78 Å². The van der Waals surface area contributed by atoms with Crippen molar-refractivity contribution in [2.45, 2.75) is 25.6 Å². The Morgan fingerprint density at radius 1 is 1.41 bits per heavy atom. The third kappa shape index (κ3) is 3.54. The minimum Gasteiger partial charge on any atom is -0.433 e. The highest BCUT2D eigenvalue weighted by Gasteiger charge is 2.25. The van der Waals surface area contributed by atoms with Gasteiger partial charge in [0, 0.05) is 31.5 Å². The summed E-state index contributed by atoms with van der Waals surface area (Å²) in [5.41, 5.74) is 0.713. The van der Waals surface area contributed by atoms with Gasteiger partial charge in [0.25, 0.3) is 0 Å². The van der Waals surface area contributed by atoms with E-state index in [2.05, 4.69) is 24.9 Å². The smallest absolute Gasteiger partial charge is 0.387 e. The Kier molecular flexibility index (Phi) is 4.53. The second kappa shape index (κ2) is 6.74. The first-order valence-electron chi connectivity index (χ1n) is 7.23. The normalized spacial score (nSPS) is 18.1. The Balaban J connectivity index is 1.60. The number of ether oxygens (including phenoxy) is 1. The van der Waals surface area contributed by atoms with Gasteiger partial charge in [0.15, 0.2) is 0 Å². The van der Waals surface area contributed by atoms with Crippen molar-refractivity contribution < 1.29 is 13.5 Å². The van der Waals surface area contributed by atoms with Gasteiger partial charge in [-0.3, -0.25) is 0 Å². The summed E-state index contributed by atoms with van der Waals surface area (Å²) < 4.78 is 29.6. The molecule has 22 heavy (non-hydrogen) atoms. The van der Waals surface area contributed by atoms with Crippen LogP contribution in [0.25, 0.3) is 0 Å². The second-order valence-electron chi connectivity index (χ2n) is 5.19. The molecule has 2 aromatic rings. The van der Waals surface area contributed by atoms with Crippen LogP contribution < -0.4 is 15.0 Å². The van der Waals surface area contributed by atoms with Gasteiger partial charge in [-0.2, -0.15) is 8.78 Å². The summed E-state index contributed by atoms with van der Waals surface area (Å²) in [5.74, 6) is 1.11. The van der Waals surface area contributed by atoms with E-state index in [-0.39, 0.29) is 5.75 Å². The van der Waals surface area contributed by atoms with Gasteiger partial charge in [-0.1, -0.05) is 12.1 Å². The third-order valence-corrected chi connectivity index (χ3v) is 3.72. The van der Waals surface area contributed by atoms with Crippen LogP contribution in [0.1, 0.15) is 12.2 Å². The minimum absolute atomic E-state index is 0.226. The molecule has 1 aromatic carbocycles. The molecule has 1 aromatic heterocycles. The maximum absolute atomic E-state index is 12.5. The Hall–Kier alpha value is -2.15. The Bertz CT molecular complexity index is 591. The van der Waals surface area contributed by atoms with Crippen molar-refractivity contribution in [2.24, 2.45) is 0 Å². The molecule has 0 unspecified atom stereocenters. The van der Waals surface area contributed by atoms with Gasteiger partial charge in [-0.05, 0) is 18.6 Å². The van der Waals surface area contributed by atoms with E-state index >= 15 is 0 Å². The molecule has 1 aliphatic heterocycles. The molecule has 0 radical (unpaired) electrons. The van der Waals surface area contributed by atoms with E-state index < -0.39 is 6.61 Å². The molecule has 1 aliphatic rings. The summed E-state index contributed by atoms with van der Waals surface area (Å²) in [7, 11) is 0. The molecule has 118 valence electrons. The van der Waals surface area contributed by atoms with Crippen LogP contribution in [0.15, 0.2) is 36.7 Å². The first kappa shape index (κ1) is 14.8. The summed E-state index contributed by atoms with van der Waals surface area (Å²) in [6, 6.07) is 7.21. The van der Waals surface area contributed by atoms with E-state index in [1.807, 2.05) is 12.1 Å². The highest BCUT2D eigenvalue weighted by Crippen LogP contribution is 2.31. The molecule has 2 heterocycles. The summed E-state index contributed by atoms with van der Waals surface area (Å²) >= 11 is 0. The van der Waals surface area contributed by atoms with Crippen LogP contribution in [0.2, 0.25) is 0 Å². The Labute approximate surface area is 127 Å².